The molecule has 0 bridgehead atoms. The van der Waals surface area contributed by atoms with Crippen LogP contribution in [0.1, 0.15) is 25.8 Å². The van der Waals surface area contributed by atoms with Gasteiger partial charge in [0.25, 0.3) is 0 Å². The lowest BCUT2D eigenvalue weighted by Gasteiger charge is -2.10. The molecule has 0 amide bonds. The van der Waals surface area contributed by atoms with Crippen LogP contribution in [0.3, 0.4) is 0 Å². The monoisotopic (exact) mass is 260 g/mol. The molecule has 0 saturated heterocycles. The Hall–Kier alpha value is -2.10. The van der Waals surface area contributed by atoms with Crippen LogP contribution in [0.5, 0.6) is 0 Å². The van der Waals surface area contributed by atoms with Gasteiger partial charge in [-0.2, -0.15) is 0 Å². The maximum Gasteiger partial charge on any atom is 0.336 e. The van der Waals surface area contributed by atoms with Gasteiger partial charge in [0.15, 0.2) is 0 Å². The van der Waals surface area contributed by atoms with E-state index in [2.05, 4.69) is 0 Å². The summed E-state index contributed by atoms with van der Waals surface area (Å²) in [6, 6.07) is 8.57. The fourth-order valence-electron chi connectivity index (χ4n) is 1.76. The number of ether oxygens (including phenoxy) is 1. The number of benzene rings is 1. The predicted molar refractivity (Wildman–Crippen MR) is 71.7 cm³/mol. The van der Waals surface area contributed by atoms with Crippen LogP contribution < -0.4 is 5.63 Å². The van der Waals surface area contributed by atoms with Crippen LogP contribution >= 0.6 is 0 Å². The van der Waals surface area contributed by atoms with E-state index in [0.29, 0.717) is 11.1 Å². The van der Waals surface area contributed by atoms with E-state index in [1.807, 2.05) is 26.0 Å². The molecule has 0 aliphatic rings. The van der Waals surface area contributed by atoms with Crippen molar-refractivity contribution < 1.29 is 13.9 Å². The normalized spacial score (nSPS) is 12.3. The highest BCUT2D eigenvalue weighted by atomic mass is 16.5. The first-order chi connectivity index (χ1) is 9.11. The molecule has 0 aliphatic carbocycles. The van der Waals surface area contributed by atoms with Gasteiger partial charge in [-0.3, -0.25) is 4.79 Å². The van der Waals surface area contributed by atoms with Gasteiger partial charge in [0, 0.05) is 17.0 Å². The Morgan fingerprint density at radius 3 is 2.84 bits per heavy atom. The van der Waals surface area contributed by atoms with Crippen molar-refractivity contribution in [3.05, 3.63) is 46.3 Å². The van der Waals surface area contributed by atoms with Gasteiger partial charge in [0.1, 0.15) is 12.2 Å². The van der Waals surface area contributed by atoms with Crippen molar-refractivity contribution in [2.75, 3.05) is 0 Å². The van der Waals surface area contributed by atoms with Gasteiger partial charge >= 0.3 is 11.6 Å². The third kappa shape index (κ3) is 3.02. The van der Waals surface area contributed by atoms with Crippen molar-refractivity contribution in [1.29, 1.82) is 0 Å². The third-order valence-corrected chi connectivity index (χ3v) is 3.12. The summed E-state index contributed by atoms with van der Waals surface area (Å²) in [5.41, 5.74) is 0.737. The standard InChI is InChI=1S/C15H16O4/c1-3-10(2)15(17)18-9-11-8-14(16)19-13-7-5-4-6-12(11)13/h4-8,10H,3,9H2,1-2H3. The van der Waals surface area contributed by atoms with Crippen LogP contribution in [0.2, 0.25) is 0 Å². The molecule has 2 aromatic rings. The molecule has 19 heavy (non-hydrogen) atoms. The molecule has 0 N–H and O–H groups in total. The van der Waals surface area contributed by atoms with Crippen LogP contribution in [0, 0.1) is 5.92 Å². The summed E-state index contributed by atoms with van der Waals surface area (Å²) in [5, 5.41) is 0.791. The van der Waals surface area contributed by atoms with E-state index in [4.69, 9.17) is 9.15 Å². The largest absolute Gasteiger partial charge is 0.461 e. The predicted octanol–water partition coefficient (Wildman–Crippen LogP) is 2.88. The van der Waals surface area contributed by atoms with Gasteiger partial charge in [-0.15, -0.1) is 0 Å². The van der Waals surface area contributed by atoms with E-state index >= 15 is 0 Å². The van der Waals surface area contributed by atoms with E-state index in [1.165, 1.54) is 6.07 Å². The highest BCUT2D eigenvalue weighted by Crippen LogP contribution is 2.17. The van der Waals surface area contributed by atoms with Crippen molar-refractivity contribution in [3.8, 4) is 0 Å². The lowest BCUT2D eigenvalue weighted by molar-refractivity contribution is -0.149. The average Bonchev–Trinajstić information content (AvgIpc) is 2.43. The first kappa shape index (κ1) is 13.3. The summed E-state index contributed by atoms with van der Waals surface area (Å²) in [5.74, 6) is -0.383. The minimum Gasteiger partial charge on any atom is -0.461 e. The fourth-order valence-corrected chi connectivity index (χ4v) is 1.76. The minimum atomic E-state index is -0.437. The molecule has 4 nitrogen and oxygen atoms in total. The molecule has 0 spiro atoms. The van der Waals surface area contributed by atoms with Gasteiger partial charge < -0.3 is 9.15 Å². The summed E-state index contributed by atoms with van der Waals surface area (Å²) < 4.78 is 10.3. The van der Waals surface area contributed by atoms with Gasteiger partial charge in [0.05, 0.1) is 5.92 Å². The lowest BCUT2D eigenvalue weighted by Crippen LogP contribution is -2.14. The zero-order valence-electron chi connectivity index (χ0n) is 11.0. The lowest BCUT2D eigenvalue weighted by atomic mass is 10.1. The SMILES string of the molecule is CCC(C)C(=O)OCc1cc(=O)oc2ccccc12. The Morgan fingerprint density at radius 2 is 2.11 bits per heavy atom. The van der Waals surface area contributed by atoms with Crippen molar-refractivity contribution >= 4 is 16.9 Å². The van der Waals surface area contributed by atoms with Crippen LogP contribution in [-0.2, 0) is 16.1 Å². The molecule has 2 rings (SSSR count). The van der Waals surface area contributed by atoms with Gasteiger partial charge in [0.2, 0.25) is 0 Å². The number of esters is 1. The molecule has 0 fully saturated rings. The zero-order valence-corrected chi connectivity index (χ0v) is 11.0. The molecule has 100 valence electrons. The fraction of sp³-hybridized carbons (Fsp3) is 0.333. The Morgan fingerprint density at radius 1 is 1.37 bits per heavy atom. The Bertz CT molecular complexity index is 642. The first-order valence-corrected chi connectivity index (χ1v) is 6.30. The zero-order chi connectivity index (χ0) is 13.8. The average molecular weight is 260 g/mol. The van der Waals surface area contributed by atoms with E-state index < -0.39 is 5.63 Å². The number of fused-ring (bicyclic) bond motifs is 1. The number of carbonyl (C=O) groups is 1. The van der Waals surface area contributed by atoms with Crippen molar-refractivity contribution in [2.45, 2.75) is 26.9 Å². The van der Waals surface area contributed by atoms with Gasteiger partial charge in [-0.25, -0.2) is 4.79 Å². The van der Waals surface area contributed by atoms with E-state index in [0.717, 1.165) is 11.8 Å². The molecule has 4 heteroatoms. The second-order valence-electron chi connectivity index (χ2n) is 4.50. The summed E-state index contributed by atoms with van der Waals surface area (Å²) in [6.45, 7) is 3.84. The van der Waals surface area contributed by atoms with Gasteiger partial charge in [-0.05, 0) is 12.5 Å². The maximum absolute atomic E-state index is 11.6. The van der Waals surface area contributed by atoms with Crippen LogP contribution in [0.4, 0.5) is 0 Å². The number of rotatable bonds is 4. The highest BCUT2D eigenvalue weighted by Gasteiger charge is 2.13. The van der Waals surface area contributed by atoms with E-state index in [9.17, 15) is 9.59 Å². The van der Waals surface area contributed by atoms with E-state index in [1.54, 1.807) is 12.1 Å². The highest BCUT2D eigenvalue weighted by molar-refractivity contribution is 5.80. The Kier molecular flexibility index (Phi) is 4.00. The molecule has 0 saturated carbocycles. The molecule has 0 aliphatic heterocycles. The summed E-state index contributed by atoms with van der Waals surface area (Å²) >= 11 is 0. The van der Waals surface area contributed by atoms with Crippen molar-refractivity contribution in [2.24, 2.45) is 5.92 Å². The quantitative estimate of drug-likeness (QED) is 0.626. The summed E-state index contributed by atoms with van der Waals surface area (Å²) in [4.78, 5) is 23.1. The number of hydrogen-bond acceptors (Lipinski definition) is 4. The maximum atomic E-state index is 11.6. The van der Waals surface area contributed by atoms with E-state index in [-0.39, 0.29) is 18.5 Å². The van der Waals surface area contributed by atoms with Crippen molar-refractivity contribution in [3.63, 3.8) is 0 Å². The molecule has 1 atom stereocenters. The molecular weight excluding hydrogens is 244 g/mol. The molecule has 1 unspecified atom stereocenters. The number of para-hydroxylation sites is 1. The van der Waals surface area contributed by atoms with Gasteiger partial charge in [-0.1, -0.05) is 32.0 Å². The first-order valence-electron chi connectivity index (χ1n) is 6.30. The second-order valence-corrected chi connectivity index (χ2v) is 4.50. The number of hydrogen-bond donors (Lipinski definition) is 0. The second kappa shape index (κ2) is 5.69. The summed E-state index contributed by atoms with van der Waals surface area (Å²) in [7, 11) is 0. The van der Waals surface area contributed by atoms with Crippen molar-refractivity contribution in [1.82, 2.24) is 0 Å². The molecule has 1 aromatic carbocycles. The topological polar surface area (TPSA) is 56.5 Å². The van der Waals surface area contributed by atoms with Crippen LogP contribution in [0.15, 0.2) is 39.5 Å². The van der Waals surface area contributed by atoms with Crippen LogP contribution in [-0.4, -0.2) is 5.97 Å². The summed E-state index contributed by atoms with van der Waals surface area (Å²) in [6.07, 6.45) is 0.733. The molecular formula is C15H16O4. The number of carbonyl (C=O) groups excluding carboxylic acids is 1. The molecule has 0 radical (unpaired) electrons. The minimum absolute atomic E-state index is 0.0925. The smallest absolute Gasteiger partial charge is 0.336 e. The van der Waals surface area contributed by atoms with Crippen LogP contribution in [0.25, 0.3) is 11.0 Å². The molecule has 1 heterocycles. The Labute approximate surface area is 111 Å². The Balaban J connectivity index is 2.25. The molecule has 1 aromatic heterocycles. The third-order valence-electron chi connectivity index (χ3n) is 3.12.